The molecule has 2 aromatic rings. The zero-order valence-electron chi connectivity index (χ0n) is 15.0. The molecule has 0 saturated carbocycles. The summed E-state index contributed by atoms with van der Waals surface area (Å²) in [6.07, 6.45) is 1.61. The molecule has 7 nitrogen and oxygen atoms in total. The number of sulfonamides is 1. The van der Waals surface area contributed by atoms with Gasteiger partial charge in [-0.15, -0.1) is 0 Å². The number of hydrogen-bond acceptors (Lipinski definition) is 4. The number of nitrogens with zero attached hydrogens (tertiary/aromatic N) is 2. The van der Waals surface area contributed by atoms with Gasteiger partial charge in [0.1, 0.15) is 6.04 Å². The normalized spacial score (nSPS) is 17.0. The summed E-state index contributed by atoms with van der Waals surface area (Å²) >= 11 is 5.82. The molecule has 0 unspecified atom stereocenters. The molecule has 2 N–H and O–H groups in total. The van der Waals surface area contributed by atoms with Crippen LogP contribution in [0.1, 0.15) is 18.7 Å². The van der Waals surface area contributed by atoms with Gasteiger partial charge in [-0.05, 0) is 43.3 Å². The summed E-state index contributed by atoms with van der Waals surface area (Å²) in [4.78, 5) is 14.3. The zero-order chi connectivity index (χ0) is 19.4. The second-order valence-electron chi connectivity index (χ2n) is 6.48. The summed E-state index contributed by atoms with van der Waals surface area (Å²) < 4.78 is 32.1. The number of carbonyl (C=O) groups is 1. The minimum Gasteiger partial charge on any atom is -0.463 e. The number of hydrogen-bond donors (Lipinski definition) is 1. The summed E-state index contributed by atoms with van der Waals surface area (Å²) in [6.45, 7) is 3.60. The third kappa shape index (κ3) is 4.70. The fourth-order valence-corrected chi connectivity index (χ4v) is 4.55. The molecule has 0 bridgehead atoms. The van der Waals surface area contributed by atoms with Crippen molar-refractivity contribution in [2.75, 3.05) is 32.7 Å². The Hall–Kier alpha value is -1.87. The van der Waals surface area contributed by atoms with Crippen LogP contribution in [0.4, 0.5) is 0 Å². The van der Waals surface area contributed by atoms with Gasteiger partial charge in [0.25, 0.3) is 5.91 Å². The second-order valence-corrected chi connectivity index (χ2v) is 8.86. The summed E-state index contributed by atoms with van der Waals surface area (Å²) in [7, 11) is -3.57. The van der Waals surface area contributed by atoms with Crippen LogP contribution in [-0.2, 0) is 14.8 Å². The summed E-state index contributed by atoms with van der Waals surface area (Å²) in [5.41, 5.74) is 0. The van der Waals surface area contributed by atoms with E-state index >= 15 is 0 Å². The molecule has 0 radical (unpaired) electrons. The number of benzene rings is 1. The van der Waals surface area contributed by atoms with Crippen LogP contribution in [0.15, 0.2) is 52.0 Å². The number of nitrogens with two attached hydrogens (primary N) is 1. The number of rotatable bonds is 6. The van der Waals surface area contributed by atoms with E-state index in [0.29, 0.717) is 24.7 Å². The average Bonchev–Trinajstić information content (AvgIpc) is 3.21. The fourth-order valence-electron chi connectivity index (χ4n) is 3.01. The van der Waals surface area contributed by atoms with E-state index in [0.717, 1.165) is 5.76 Å². The lowest BCUT2D eigenvalue weighted by atomic mass is 10.2. The van der Waals surface area contributed by atoms with E-state index in [1.807, 2.05) is 24.4 Å². The van der Waals surface area contributed by atoms with Gasteiger partial charge in [0, 0.05) is 31.2 Å². The SMILES string of the molecule is C[C@@H]([NH2+]CC(=O)N1CCN(S(=O)(=O)c2ccc(Cl)cc2)CC1)c1ccco1. The summed E-state index contributed by atoms with van der Waals surface area (Å²) in [5.74, 6) is 0.818. The van der Waals surface area contributed by atoms with Crippen molar-refractivity contribution < 1.29 is 22.9 Å². The van der Waals surface area contributed by atoms with Gasteiger partial charge in [-0.1, -0.05) is 11.6 Å². The topological polar surface area (TPSA) is 87.4 Å². The minimum atomic E-state index is -3.57. The van der Waals surface area contributed by atoms with Gasteiger partial charge in [-0.3, -0.25) is 4.79 Å². The van der Waals surface area contributed by atoms with Crippen LogP contribution in [0.2, 0.25) is 5.02 Å². The largest absolute Gasteiger partial charge is 0.463 e. The predicted octanol–water partition coefficient (Wildman–Crippen LogP) is 1.09. The minimum absolute atomic E-state index is 0.00283. The Morgan fingerprint density at radius 2 is 1.85 bits per heavy atom. The number of amides is 1. The molecule has 1 saturated heterocycles. The van der Waals surface area contributed by atoms with E-state index in [1.54, 1.807) is 23.3 Å². The van der Waals surface area contributed by atoms with Crippen LogP contribution in [0, 0.1) is 0 Å². The number of furan rings is 1. The third-order valence-corrected chi connectivity index (χ3v) is 6.85. The Morgan fingerprint density at radius 3 is 2.44 bits per heavy atom. The van der Waals surface area contributed by atoms with Crippen molar-refractivity contribution >= 4 is 27.5 Å². The Labute approximate surface area is 163 Å². The van der Waals surface area contributed by atoms with Crippen molar-refractivity contribution in [3.05, 3.63) is 53.4 Å². The predicted molar refractivity (Wildman–Crippen MR) is 101 cm³/mol. The zero-order valence-corrected chi connectivity index (χ0v) is 16.6. The monoisotopic (exact) mass is 412 g/mol. The Balaban J connectivity index is 1.52. The van der Waals surface area contributed by atoms with Crippen molar-refractivity contribution in [2.24, 2.45) is 0 Å². The van der Waals surface area contributed by atoms with Crippen LogP contribution in [0.25, 0.3) is 0 Å². The number of carbonyl (C=O) groups excluding carboxylic acids is 1. The number of piperazine rings is 1. The van der Waals surface area contributed by atoms with Gasteiger partial charge in [0.15, 0.2) is 12.3 Å². The Bertz CT molecular complexity index is 861. The highest BCUT2D eigenvalue weighted by molar-refractivity contribution is 7.89. The number of halogens is 1. The van der Waals surface area contributed by atoms with Gasteiger partial charge >= 0.3 is 0 Å². The van der Waals surface area contributed by atoms with E-state index in [1.165, 1.54) is 16.4 Å². The average molecular weight is 413 g/mol. The van der Waals surface area contributed by atoms with Crippen molar-refractivity contribution in [1.29, 1.82) is 0 Å². The Morgan fingerprint density at radius 1 is 1.19 bits per heavy atom. The molecule has 1 atom stereocenters. The third-order valence-electron chi connectivity index (χ3n) is 4.68. The molecule has 0 aliphatic carbocycles. The first-order valence-electron chi connectivity index (χ1n) is 8.78. The molecule has 9 heteroatoms. The van der Waals surface area contributed by atoms with Crippen LogP contribution in [0.3, 0.4) is 0 Å². The Kier molecular flexibility index (Phi) is 6.21. The van der Waals surface area contributed by atoms with Gasteiger partial charge in [0.2, 0.25) is 10.0 Å². The summed E-state index contributed by atoms with van der Waals surface area (Å²) in [5, 5.41) is 2.40. The maximum Gasteiger partial charge on any atom is 0.277 e. The van der Waals surface area contributed by atoms with Crippen molar-refractivity contribution in [3.63, 3.8) is 0 Å². The van der Waals surface area contributed by atoms with Crippen molar-refractivity contribution in [3.8, 4) is 0 Å². The molecule has 3 rings (SSSR count). The molecule has 1 amide bonds. The van der Waals surface area contributed by atoms with E-state index in [2.05, 4.69) is 0 Å². The first-order chi connectivity index (χ1) is 12.9. The first kappa shape index (κ1) is 19.9. The van der Waals surface area contributed by atoms with E-state index in [-0.39, 0.29) is 29.9 Å². The van der Waals surface area contributed by atoms with Crippen LogP contribution in [0.5, 0.6) is 0 Å². The second kappa shape index (κ2) is 8.43. The van der Waals surface area contributed by atoms with Crippen LogP contribution < -0.4 is 5.32 Å². The lowest BCUT2D eigenvalue weighted by Crippen LogP contribution is -2.87. The molecular weight excluding hydrogens is 390 g/mol. The van der Waals surface area contributed by atoms with E-state index < -0.39 is 10.0 Å². The highest BCUT2D eigenvalue weighted by Gasteiger charge is 2.30. The lowest BCUT2D eigenvalue weighted by Gasteiger charge is -2.33. The molecule has 1 aromatic heterocycles. The molecule has 1 aliphatic heterocycles. The lowest BCUT2D eigenvalue weighted by molar-refractivity contribution is -0.685. The molecule has 27 heavy (non-hydrogen) atoms. The highest BCUT2D eigenvalue weighted by atomic mass is 35.5. The highest BCUT2D eigenvalue weighted by Crippen LogP contribution is 2.19. The van der Waals surface area contributed by atoms with Crippen molar-refractivity contribution in [1.82, 2.24) is 9.21 Å². The molecule has 1 fully saturated rings. The summed E-state index contributed by atoms with van der Waals surface area (Å²) in [6, 6.07) is 9.87. The molecule has 1 aliphatic rings. The van der Waals surface area contributed by atoms with Crippen molar-refractivity contribution in [2.45, 2.75) is 17.9 Å². The molecule has 146 valence electrons. The molecular formula is C18H23ClN3O4S+. The maximum absolute atomic E-state index is 12.7. The van der Waals surface area contributed by atoms with Crippen LogP contribution >= 0.6 is 11.6 Å². The maximum atomic E-state index is 12.7. The first-order valence-corrected chi connectivity index (χ1v) is 10.6. The fraction of sp³-hybridized carbons (Fsp3) is 0.389. The molecule has 1 aromatic carbocycles. The smallest absolute Gasteiger partial charge is 0.277 e. The van der Waals surface area contributed by atoms with Gasteiger partial charge < -0.3 is 14.6 Å². The molecule has 2 heterocycles. The van der Waals surface area contributed by atoms with Gasteiger partial charge in [-0.25, -0.2) is 8.42 Å². The van der Waals surface area contributed by atoms with Gasteiger partial charge in [-0.2, -0.15) is 4.31 Å². The quantitative estimate of drug-likeness (QED) is 0.769. The van der Waals surface area contributed by atoms with E-state index in [9.17, 15) is 13.2 Å². The standard InChI is InChI=1S/C18H22ClN3O4S/c1-14(17-3-2-12-26-17)20-13-18(23)21-8-10-22(11-9-21)27(24,25)16-6-4-15(19)5-7-16/h2-7,12,14,20H,8-11,13H2,1H3/p+1/t14-/m1/s1. The van der Waals surface area contributed by atoms with Crippen LogP contribution in [-0.4, -0.2) is 56.3 Å². The van der Waals surface area contributed by atoms with Gasteiger partial charge in [0.05, 0.1) is 11.2 Å². The number of quaternary nitrogens is 1. The molecule has 0 spiro atoms. The van der Waals surface area contributed by atoms with E-state index in [4.69, 9.17) is 16.0 Å².